The van der Waals surface area contributed by atoms with Gasteiger partial charge in [-0.15, -0.1) is 5.73 Å². The summed E-state index contributed by atoms with van der Waals surface area (Å²) >= 11 is 0. The molecular weight excluding hydrogens is 414 g/mol. The fourth-order valence-electron chi connectivity index (χ4n) is 2.41. The highest BCUT2D eigenvalue weighted by Gasteiger charge is 2.35. The molecule has 3 aromatic rings. The van der Waals surface area contributed by atoms with Crippen LogP contribution in [0.4, 0.5) is 26.3 Å². The summed E-state index contributed by atoms with van der Waals surface area (Å²) in [7, 11) is 0. The average molecular weight is 426 g/mol. The van der Waals surface area contributed by atoms with Gasteiger partial charge in [-0.1, -0.05) is 18.7 Å². The molecule has 0 aliphatic carbocycles. The first-order valence-corrected chi connectivity index (χ1v) is 8.21. The molecule has 0 aliphatic heterocycles. The Labute approximate surface area is 166 Å². The minimum Gasteiger partial charge on any atom is -0.420 e. The maximum atomic E-state index is 12.9. The van der Waals surface area contributed by atoms with Crippen molar-refractivity contribution in [3.8, 4) is 23.1 Å². The first kappa shape index (κ1) is 21.1. The molecular formula is C19H12F6N4O. The fourth-order valence-corrected chi connectivity index (χ4v) is 2.41. The Morgan fingerprint density at radius 2 is 1.67 bits per heavy atom. The highest BCUT2D eigenvalue weighted by Crippen LogP contribution is 2.33. The van der Waals surface area contributed by atoms with Gasteiger partial charge in [-0.05, 0) is 19.1 Å². The Bertz CT molecular complexity index is 1110. The molecule has 0 fully saturated rings. The van der Waals surface area contributed by atoms with Crippen molar-refractivity contribution in [2.24, 2.45) is 0 Å². The molecule has 1 aromatic carbocycles. The first-order valence-electron chi connectivity index (χ1n) is 8.21. The van der Waals surface area contributed by atoms with Gasteiger partial charge in [-0.3, -0.25) is 0 Å². The highest BCUT2D eigenvalue weighted by molar-refractivity contribution is 5.56. The van der Waals surface area contributed by atoms with Gasteiger partial charge in [-0.25, -0.2) is 4.98 Å². The Morgan fingerprint density at radius 1 is 1.00 bits per heavy atom. The van der Waals surface area contributed by atoms with Crippen LogP contribution >= 0.6 is 0 Å². The summed E-state index contributed by atoms with van der Waals surface area (Å²) in [6, 6.07) is 6.16. The van der Waals surface area contributed by atoms with E-state index in [1.807, 2.05) is 0 Å². The average Bonchev–Trinajstić information content (AvgIpc) is 3.04. The number of aromatic nitrogens is 4. The SMILES string of the molecule is C=C=Cn1nc(C(F)(F)F)cc1Oc1cc(C)nc(-c2ccc(C(F)(F)F)cc2)n1. The first-order chi connectivity index (χ1) is 14.0. The van der Waals surface area contributed by atoms with Crippen LogP contribution in [0.25, 0.3) is 17.6 Å². The van der Waals surface area contributed by atoms with Crippen molar-refractivity contribution in [1.29, 1.82) is 0 Å². The van der Waals surface area contributed by atoms with Crippen LogP contribution in [0.5, 0.6) is 11.8 Å². The standard InChI is InChI=1S/C19H12F6N4O/c1-3-8-29-16(10-14(28-29)19(23,24)25)30-15-9-11(2)26-17(27-15)12-4-6-13(7-5-12)18(20,21)22/h4-10H,1H2,2H3. The molecule has 0 amide bonds. The molecule has 5 nitrogen and oxygen atoms in total. The molecule has 0 aliphatic rings. The van der Waals surface area contributed by atoms with Gasteiger partial charge in [0.15, 0.2) is 11.5 Å². The van der Waals surface area contributed by atoms with E-state index in [4.69, 9.17) is 4.74 Å². The maximum Gasteiger partial charge on any atom is 0.435 e. The Morgan fingerprint density at radius 3 is 2.23 bits per heavy atom. The summed E-state index contributed by atoms with van der Waals surface area (Å²) in [5.41, 5.74) is 0.916. The molecule has 0 unspecified atom stereocenters. The number of alkyl halides is 6. The number of rotatable bonds is 4. The third kappa shape index (κ3) is 4.69. The monoisotopic (exact) mass is 426 g/mol. The van der Waals surface area contributed by atoms with E-state index in [1.54, 1.807) is 6.92 Å². The molecule has 30 heavy (non-hydrogen) atoms. The number of nitrogens with zero attached hydrogens (tertiary/aromatic N) is 4. The van der Waals surface area contributed by atoms with Crippen LogP contribution in [0.15, 0.2) is 48.7 Å². The molecule has 3 rings (SSSR count). The van der Waals surface area contributed by atoms with Crippen LogP contribution < -0.4 is 4.74 Å². The fraction of sp³-hybridized carbons (Fsp3) is 0.158. The molecule has 2 aromatic heterocycles. The van der Waals surface area contributed by atoms with Crippen molar-refractivity contribution < 1.29 is 31.1 Å². The zero-order valence-electron chi connectivity index (χ0n) is 15.2. The third-order valence-electron chi connectivity index (χ3n) is 3.72. The Kier molecular flexibility index (Phi) is 5.41. The topological polar surface area (TPSA) is 52.8 Å². The second kappa shape index (κ2) is 7.68. The zero-order chi connectivity index (χ0) is 22.1. The summed E-state index contributed by atoms with van der Waals surface area (Å²) < 4.78 is 83.2. The van der Waals surface area contributed by atoms with Gasteiger partial charge in [0.1, 0.15) is 0 Å². The van der Waals surface area contributed by atoms with E-state index in [0.717, 1.165) is 23.0 Å². The second-order valence-corrected chi connectivity index (χ2v) is 5.99. The number of hydrogen-bond donors (Lipinski definition) is 0. The molecule has 11 heteroatoms. The zero-order valence-corrected chi connectivity index (χ0v) is 15.2. The number of halogens is 6. The maximum absolute atomic E-state index is 12.9. The summed E-state index contributed by atoms with van der Waals surface area (Å²) in [6.45, 7) is 4.86. The number of aryl methyl sites for hydroxylation is 1. The minimum atomic E-state index is -4.70. The van der Waals surface area contributed by atoms with Gasteiger partial charge in [0, 0.05) is 23.4 Å². The van der Waals surface area contributed by atoms with Gasteiger partial charge < -0.3 is 4.74 Å². The molecule has 0 N–H and O–H groups in total. The molecule has 2 heterocycles. The van der Waals surface area contributed by atoms with Gasteiger partial charge in [0.05, 0.1) is 11.8 Å². The summed E-state index contributed by atoms with van der Waals surface area (Å²) in [5.74, 6) is -0.389. The van der Waals surface area contributed by atoms with Gasteiger partial charge in [-0.2, -0.15) is 41.1 Å². The van der Waals surface area contributed by atoms with Crippen LogP contribution in [-0.2, 0) is 12.4 Å². The van der Waals surface area contributed by atoms with E-state index in [-0.39, 0.29) is 23.1 Å². The molecule has 0 saturated carbocycles. The molecule has 156 valence electrons. The van der Waals surface area contributed by atoms with Crippen molar-refractivity contribution in [3.05, 3.63) is 65.7 Å². The van der Waals surface area contributed by atoms with Crippen molar-refractivity contribution in [3.63, 3.8) is 0 Å². The molecule has 0 bridgehead atoms. The molecule has 0 spiro atoms. The smallest absolute Gasteiger partial charge is 0.420 e. The minimum absolute atomic E-state index is 0.0418. The van der Waals surface area contributed by atoms with Crippen LogP contribution in [0.3, 0.4) is 0 Å². The van der Waals surface area contributed by atoms with Gasteiger partial charge in [0.25, 0.3) is 0 Å². The van der Waals surface area contributed by atoms with E-state index in [0.29, 0.717) is 11.8 Å². The lowest BCUT2D eigenvalue weighted by Crippen LogP contribution is -2.06. The molecule has 0 saturated heterocycles. The van der Waals surface area contributed by atoms with Crippen LogP contribution in [0.1, 0.15) is 17.0 Å². The highest BCUT2D eigenvalue weighted by atomic mass is 19.4. The normalized spacial score (nSPS) is 11.8. The van der Waals surface area contributed by atoms with Crippen molar-refractivity contribution in [2.45, 2.75) is 19.3 Å². The third-order valence-corrected chi connectivity index (χ3v) is 3.72. The van der Waals surface area contributed by atoms with Crippen molar-refractivity contribution in [1.82, 2.24) is 19.7 Å². The van der Waals surface area contributed by atoms with E-state index < -0.39 is 23.6 Å². The van der Waals surface area contributed by atoms with E-state index in [2.05, 4.69) is 27.4 Å². The van der Waals surface area contributed by atoms with E-state index in [9.17, 15) is 26.3 Å². The lowest BCUT2D eigenvalue weighted by molar-refractivity contribution is -0.141. The lowest BCUT2D eigenvalue weighted by Gasteiger charge is -2.09. The van der Waals surface area contributed by atoms with E-state index in [1.165, 1.54) is 18.2 Å². The predicted octanol–water partition coefficient (Wildman–Crippen LogP) is 5.73. The lowest BCUT2D eigenvalue weighted by atomic mass is 10.1. The van der Waals surface area contributed by atoms with Crippen LogP contribution in [0, 0.1) is 6.92 Å². The molecule has 0 atom stereocenters. The quantitative estimate of drug-likeness (QED) is 0.395. The van der Waals surface area contributed by atoms with Gasteiger partial charge >= 0.3 is 12.4 Å². The largest absolute Gasteiger partial charge is 0.435 e. The Hall–Kier alpha value is -3.59. The number of benzene rings is 1. The second-order valence-electron chi connectivity index (χ2n) is 5.99. The van der Waals surface area contributed by atoms with E-state index >= 15 is 0 Å². The number of hydrogen-bond acceptors (Lipinski definition) is 4. The molecule has 0 radical (unpaired) electrons. The van der Waals surface area contributed by atoms with Crippen LogP contribution in [-0.4, -0.2) is 19.7 Å². The summed E-state index contributed by atoms with van der Waals surface area (Å²) in [6.07, 6.45) is -8.16. The summed E-state index contributed by atoms with van der Waals surface area (Å²) in [5, 5.41) is 3.36. The Balaban J connectivity index is 1.97. The van der Waals surface area contributed by atoms with Crippen molar-refractivity contribution in [2.75, 3.05) is 0 Å². The predicted molar refractivity (Wildman–Crippen MR) is 94.4 cm³/mol. The van der Waals surface area contributed by atoms with Crippen LogP contribution in [0.2, 0.25) is 0 Å². The van der Waals surface area contributed by atoms with Crippen molar-refractivity contribution >= 4 is 6.20 Å². The van der Waals surface area contributed by atoms with Gasteiger partial charge in [0.2, 0.25) is 11.8 Å². The summed E-state index contributed by atoms with van der Waals surface area (Å²) in [4.78, 5) is 8.21. The number of ether oxygens (including phenoxy) is 1.